The predicted octanol–water partition coefficient (Wildman–Crippen LogP) is 4.70. The molecule has 2 N–H and O–H groups in total. The molecule has 1 aliphatic heterocycles. The number of aryl methyl sites for hydroxylation is 1. The summed E-state index contributed by atoms with van der Waals surface area (Å²) in [6.07, 6.45) is 6.56. The second kappa shape index (κ2) is 9.60. The molecule has 0 spiro atoms. The molecule has 29 heavy (non-hydrogen) atoms. The number of thioether (sulfide) groups is 1. The number of hydrogen-bond donors (Lipinski definition) is 2. The van der Waals surface area contributed by atoms with Crippen LogP contribution in [-0.2, 0) is 17.8 Å². The predicted molar refractivity (Wildman–Crippen MR) is 109 cm³/mol. The van der Waals surface area contributed by atoms with Gasteiger partial charge in [-0.25, -0.2) is 13.6 Å². The molecule has 0 fully saturated rings. The molecule has 1 atom stereocenters. The minimum absolute atomic E-state index is 0.162. The number of carboxylic acids is 1. The summed E-state index contributed by atoms with van der Waals surface area (Å²) < 4.78 is 26.2. The summed E-state index contributed by atoms with van der Waals surface area (Å²) in [4.78, 5) is 13.5. The van der Waals surface area contributed by atoms with Crippen LogP contribution in [0, 0.1) is 11.6 Å². The van der Waals surface area contributed by atoms with Gasteiger partial charge in [-0.2, -0.15) is 0 Å². The highest BCUT2D eigenvalue weighted by molar-refractivity contribution is 8.00. The van der Waals surface area contributed by atoms with E-state index in [1.165, 1.54) is 36.0 Å². The normalized spacial score (nSPS) is 16.0. The Morgan fingerprint density at radius 2 is 1.83 bits per heavy atom. The monoisotopic (exact) mass is 417 g/mol. The van der Waals surface area contributed by atoms with Crippen molar-refractivity contribution >= 4 is 17.7 Å². The van der Waals surface area contributed by atoms with E-state index in [1.54, 1.807) is 30.5 Å². The van der Waals surface area contributed by atoms with Crippen molar-refractivity contribution in [1.29, 1.82) is 0 Å². The van der Waals surface area contributed by atoms with Crippen molar-refractivity contribution in [3.8, 4) is 5.75 Å². The van der Waals surface area contributed by atoms with Gasteiger partial charge in [0.1, 0.15) is 22.8 Å². The molecule has 0 radical (unpaired) electrons. The third kappa shape index (κ3) is 5.60. The van der Waals surface area contributed by atoms with Crippen molar-refractivity contribution in [2.45, 2.75) is 24.8 Å². The Morgan fingerprint density at radius 3 is 2.52 bits per heavy atom. The lowest BCUT2D eigenvalue weighted by Gasteiger charge is -2.33. The van der Waals surface area contributed by atoms with E-state index >= 15 is 0 Å². The Morgan fingerprint density at radius 1 is 1.10 bits per heavy atom. The molecule has 2 aromatic carbocycles. The van der Waals surface area contributed by atoms with Gasteiger partial charge in [-0.05, 0) is 54.5 Å². The first-order valence-corrected chi connectivity index (χ1v) is 10.2. The number of carboxylic acid groups (broad SMARTS) is 1. The van der Waals surface area contributed by atoms with E-state index < -0.39 is 17.2 Å². The fraction of sp³-hybridized carbons (Fsp3) is 0.227. The highest BCUT2D eigenvalue weighted by Crippen LogP contribution is 2.31. The van der Waals surface area contributed by atoms with E-state index in [9.17, 15) is 23.8 Å². The molecule has 0 aliphatic carbocycles. The van der Waals surface area contributed by atoms with E-state index in [4.69, 9.17) is 0 Å². The Balaban J connectivity index is 1.65. The van der Waals surface area contributed by atoms with Gasteiger partial charge in [0.25, 0.3) is 0 Å². The van der Waals surface area contributed by atoms with Gasteiger partial charge in [0.05, 0.1) is 5.57 Å². The number of phenolic OH excluding ortho intramolecular Hbond substituents is 1. The van der Waals surface area contributed by atoms with E-state index in [2.05, 4.69) is 0 Å². The van der Waals surface area contributed by atoms with Crippen LogP contribution in [0.1, 0.15) is 17.5 Å². The molecular formula is C22H21F2NO3S. The summed E-state index contributed by atoms with van der Waals surface area (Å²) in [5.41, 5.74) is 1.79. The molecule has 3 rings (SSSR count). The number of allylic oxidation sites excluding steroid dienone is 2. The molecule has 0 aromatic heterocycles. The molecule has 2 aromatic rings. The van der Waals surface area contributed by atoms with E-state index in [-0.39, 0.29) is 23.7 Å². The molecule has 1 unspecified atom stereocenters. The number of aliphatic carboxylic acids is 1. The van der Waals surface area contributed by atoms with Crippen LogP contribution in [0.5, 0.6) is 5.75 Å². The SMILES string of the molecule is O=C(O)C1=CC=CN(Cc2ccc(F)cc2O)C1SCCCc1ccc(F)cc1. The molecule has 7 heteroatoms. The molecule has 152 valence electrons. The molecule has 0 saturated carbocycles. The number of rotatable bonds is 8. The van der Waals surface area contributed by atoms with Gasteiger partial charge in [0.15, 0.2) is 0 Å². The zero-order valence-electron chi connectivity index (χ0n) is 15.6. The summed E-state index contributed by atoms with van der Waals surface area (Å²) in [6, 6.07) is 10.1. The van der Waals surface area contributed by atoms with Gasteiger partial charge >= 0.3 is 5.97 Å². The Hall–Kier alpha value is -2.80. The van der Waals surface area contributed by atoms with Gasteiger partial charge in [-0.3, -0.25) is 0 Å². The summed E-state index contributed by atoms with van der Waals surface area (Å²) in [7, 11) is 0. The van der Waals surface area contributed by atoms with Gasteiger partial charge in [0, 0.05) is 24.4 Å². The average Bonchev–Trinajstić information content (AvgIpc) is 2.69. The molecule has 1 heterocycles. The minimum atomic E-state index is -1.00. The third-order valence-electron chi connectivity index (χ3n) is 4.57. The lowest BCUT2D eigenvalue weighted by Crippen LogP contribution is -2.34. The highest BCUT2D eigenvalue weighted by Gasteiger charge is 2.27. The van der Waals surface area contributed by atoms with Crippen LogP contribution in [-0.4, -0.2) is 32.2 Å². The molecule has 4 nitrogen and oxygen atoms in total. The van der Waals surface area contributed by atoms with Crippen LogP contribution in [0.25, 0.3) is 0 Å². The average molecular weight is 417 g/mol. The largest absolute Gasteiger partial charge is 0.507 e. The molecule has 1 aliphatic rings. The Kier molecular flexibility index (Phi) is 6.93. The van der Waals surface area contributed by atoms with Crippen LogP contribution in [0.3, 0.4) is 0 Å². The zero-order valence-corrected chi connectivity index (χ0v) is 16.4. The van der Waals surface area contributed by atoms with Crippen molar-refractivity contribution < 1.29 is 23.8 Å². The lowest BCUT2D eigenvalue weighted by atomic mass is 10.1. The van der Waals surface area contributed by atoms with E-state index in [1.807, 2.05) is 4.90 Å². The number of carbonyl (C=O) groups is 1. The van der Waals surface area contributed by atoms with Crippen molar-refractivity contribution in [1.82, 2.24) is 4.90 Å². The van der Waals surface area contributed by atoms with Crippen molar-refractivity contribution in [3.63, 3.8) is 0 Å². The quantitative estimate of drug-likeness (QED) is 0.610. The first-order valence-electron chi connectivity index (χ1n) is 9.15. The third-order valence-corrected chi connectivity index (χ3v) is 5.93. The van der Waals surface area contributed by atoms with Crippen LogP contribution in [0.4, 0.5) is 8.78 Å². The second-order valence-corrected chi connectivity index (χ2v) is 7.86. The van der Waals surface area contributed by atoms with Gasteiger partial charge in [-0.15, -0.1) is 11.8 Å². The topological polar surface area (TPSA) is 60.8 Å². The van der Waals surface area contributed by atoms with Crippen molar-refractivity contribution in [2.75, 3.05) is 5.75 Å². The molecule has 0 saturated heterocycles. The Labute approximate surface area is 172 Å². The number of nitrogens with zero attached hydrogens (tertiary/aromatic N) is 1. The van der Waals surface area contributed by atoms with Crippen LogP contribution < -0.4 is 0 Å². The standard InChI is InChI=1S/C22H21F2NO3S/c23-17-8-5-15(6-9-17)3-2-12-29-21-19(22(27)28)4-1-11-25(21)14-16-7-10-18(24)13-20(16)26/h1,4-11,13,21,26H,2-3,12,14H2,(H,27,28). The molecule has 0 bridgehead atoms. The summed E-state index contributed by atoms with van der Waals surface area (Å²) >= 11 is 1.49. The minimum Gasteiger partial charge on any atom is -0.507 e. The fourth-order valence-electron chi connectivity index (χ4n) is 3.08. The lowest BCUT2D eigenvalue weighted by molar-refractivity contribution is -0.133. The first kappa shape index (κ1) is 20.9. The van der Waals surface area contributed by atoms with Crippen LogP contribution in [0.2, 0.25) is 0 Å². The maximum Gasteiger partial charge on any atom is 0.334 e. The number of phenols is 1. The summed E-state index contributed by atoms with van der Waals surface area (Å²) in [5.74, 6) is -1.26. The van der Waals surface area contributed by atoms with Crippen molar-refractivity contribution in [3.05, 3.63) is 89.2 Å². The summed E-state index contributed by atoms with van der Waals surface area (Å²) in [6.45, 7) is 0.253. The number of hydrogen-bond acceptors (Lipinski definition) is 4. The highest BCUT2D eigenvalue weighted by atomic mass is 32.2. The number of benzene rings is 2. The van der Waals surface area contributed by atoms with E-state index in [0.717, 1.165) is 24.5 Å². The number of halogens is 2. The van der Waals surface area contributed by atoms with Gasteiger partial charge in [-0.1, -0.05) is 18.2 Å². The zero-order chi connectivity index (χ0) is 20.8. The molecular weight excluding hydrogens is 396 g/mol. The van der Waals surface area contributed by atoms with Crippen LogP contribution >= 0.6 is 11.8 Å². The van der Waals surface area contributed by atoms with Gasteiger partial charge in [0.2, 0.25) is 0 Å². The smallest absolute Gasteiger partial charge is 0.334 e. The summed E-state index contributed by atoms with van der Waals surface area (Å²) in [5, 5.41) is 19.1. The van der Waals surface area contributed by atoms with Crippen LogP contribution in [0.15, 0.2) is 66.4 Å². The Bertz CT molecular complexity index is 928. The maximum atomic E-state index is 13.2. The maximum absolute atomic E-state index is 13.2. The van der Waals surface area contributed by atoms with Gasteiger partial charge < -0.3 is 15.1 Å². The first-order chi connectivity index (χ1) is 13.9. The number of aromatic hydroxyl groups is 1. The second-order valence-electron chi connectivity index (χ2n) is 6.67. The van der Waals surface area contributed by atoms with Crippen molar-refractivity contribution in [2.24, 2.45) is 0 Å². The fourth-order valence-corrected chi connectivity index (χ4v) is 4.31. The van der Waals surface area contributed by atoms with E-state index in [0.29, 0.717) is 11.3 Å². The molecule has 0 amide bonds.